The van der Waals surface area contributed by atoms with Crippen molar-refractivity contribution in [3.05, 3.63) is 42.2 Å². The van der Waals surface area contributed by atoms with Crippen molar-refractivity contribution in [1.29, 1.82) is 0 Å². The summed E-state index contributed by atoms with van der Waals surface area (Å²) in [6.45, 7) is 2.15. The van der Waals surface area contributed by atoms with Gasteiger partial charge in [0.1, 0.15) is 0 Å². The number of hydrogen-bond acceptors (Lipinski definition) is 3. The number of nitrogens with two attached hydrogens (primary N) is 1. The van der Waals surface area contributed by atoms with Gasteiger partial charge in [-0.3, -0.25) is 9.78 Å². The Labute approximate surface area is 118 Å². The van der Waals surface area contributed by atoms with Gasteiger partial charge in [-0.15, -0.1) is 0 Å². The molecule has 3 rings (SSSR count). The van der Waals surface area contributed by atoms with Crippen LogP contribution in [-0.2, 0) is 11.2 Å². The van der Waals surface area contributed by atoms with Crippen LogP contribution in [0.2, 0.25) is 0 Å². The molecule has 1 saturated heterocycles. The molecular weight excluding hydrogens is 250 g/mol. The van der Waals surface area contributed by atoms with Crippen LogP contribution >= 0.6 is 0 Å². The molecule has 4 heteroatoms. The zero-order chi connectivity index (χ0) is 13.9. The molecule has 1 unspecified atom stereocenters. The van der Waals surface area contributed by atoms with Crippen molar-refractivity contribution in [2.75, 3.05) is 19.6 Å². The van der Waals surface area contributed by atoms with E-state index in [2.05, 4.69) is 17.1 Å². The lowest BCUT2D eigenvalue weighted by Gasteiger charge is -2.16. The molecule has 1 amide bonds. The van der Waals surface area contributed by atoms with E-state index >= 15 is 0 Å². The lowest BCUT2D eigenvalue weighted by atomic mass is 10.1. The average Bonchev–Trinajstić information content (AvgIpc) is 2.85. The van der Waals surface area contributed by atoms with E-state index in [0.29, 0.717) is 18.9 Å². The van der Waals surface area contributed by atoms with Crippen LogP contribution in [0, 0.1) is 5.92 Å². The van der Waals surface area contributed by atoms with Gasteiger partial charge in [0, 0.05) is 37.3 Å². The Morgan fingerprint density at radius 1 is 1.30 bits per heavy atom. The van der Waals surface area contributed by atoms with E-state index in [1.165, 1.54) is 10.9 Å². The number of benzene rings is 1. The molecule has 104 valence electrons. The Kier molecular flexibility index (Phi) is 3.65. The second-order valence-electron chi connectivity index (χ2n) is 5.42. The Hall–Kier alpha value is -1.94. The van der Waals surface area contributed by atoms with Crippen molar-refractivity contribution in [2.45, 2.75) is 12.8 Å². The van der Waals surface area contributed by atoms with Gasteiger partial charge in [-0.1, -0.05) is 24.3 Å². The highest BCUT2D eigenvalue weighted by Crippen LogP contribution is 2.20. The fourth-order valence-corrected chi connectivity index (χ4v) is 2.86. The monoisotopic (exact) mass is 269 g/mol. The number of pyridine rings is 1. The van der Waals surface area contributed by atoms with Crippen LogP contribution in [0.4, 0.5) is 0 Å². The smallest absolute Gasteiger partial charge is 0.222 e. The molecule has 1 fully saturated rings. The third-order valence-electron chi connectivity index (χ3n) is 4.03. The summed E-state index contributed by atoms with van der Waals surface area (Å²) in [5.41, 5.74) is 6.85. The third-order valence-corrected chi connectivity index (χ3v) is 4.03. The molecule has 0 saturated carbocycles. The van der Waals surface area contributed by atoms with Gasteiger partial charge >= 0.3 is 0 Å². The van der Waals surface area contributed by atoms with Crippen molar-refractivity contribution >= 4 is 16.7 Å². The number of hydrogen-bond donors (Lipinski definition) is 1. The Balaban J connectivity index is 1.73. The Morgan fingerprint density at radius 2 is 2.15 bits per heavy atom. The van der Waals surface area contributed by atoms with Crippen molar-refractivity contribution < 1.29 is 4.79 Å². The highest BCUT2D eigenvalue weighted by molar-refractivity contribution is 5.84. The van der Waals surface area contributed by atoms with Crippen LogP contribution in [0.15, 0.2) is 36.7 Å². The Bertz CT molecular complexity index is 621. The van der Waals surface area contributed by atoms with Crippen molar-refractivity contribution in [2.24, 2.45) is 11.7 Å². The zero-order valence-corrected chi connectivity index (χ0v) is 11.5. The summed E-state index contributed by atoms with van der Waals surface area (Å²) < 4.78 is 0. The number of likely N-dealkylation sites (tertiary alicyclic amines) is 1. The lowest BCUT2D eigenvalue weighted by Crippen LogP contribution is -2.28. The normalized spacial score (nSPS) is 18.9. The zero-order valence-electron chi connectivity index (χ0n) is 11.5. The van der Waals surface area contributed by atoms with Gasteiger partial charge in [-0.2, -0.15) is 0 Å². The van der Waals surface area contributed by atoms with Gasteiger partial charge in [0.2, 0.25) is 5.91 Å². The molecule has 1 aliphatic heterocycles. The first kappa shape index (κ1) is 13.1. The fourth-order valence-electron chi connectivity index (χ4n) is 2.86. The van der Waals surface area contributed by atoms with E-state index in [-0.39, 0.29) is 5.91 Å². The first-order valence-electron chi connectivity index (χ1n) is 7.07. The van der Waals surface area contributed by atoms with Crippen LogP contribution in [0.5, 0.6) is 0 Å². The van der Waals surface area contributed by atoms with Gasteiger partial charge in [-0.05, 0) is 29.8 Å². The minimum Gasteiger partial charge on any atom is -0.342 e. The van der Waals surface area contributed by atoms with Gasteiger partial charge in [0.15, 0.2) is 0 Å². The number of amides is 1. The maximum atomic E-state index is 11.9. The van der Waals surface area contributed by atoms with Crippen molar-refractivity contribution in [3.8, 4) is 0 Å². The van der Waals surface area contributed by atoms with Crippen LogP contribution < -0.4 is 5.73 Å². The highest BCUT2D eigenvalue weighted by atomic mass is 16.2. The molecule has 1 aromatic carbocycles. The van der Waals surface area contributed by atoms with Gasteiger partial charge in [0.25, 0.3) is 0 Å². The molecule has 20 heavy (non-hydrogen) atoms. The van der Waals surface area contributed by atoms with Gasteiger partial charge in [0.05, 0.1) is 0 Å². The number of nitrogens with zero attached hydrogens (tertiary/aromatic N) is 2. The lowest BCUT2D eigenvalue weighted by molar-refractivity contribution is -0.127. The predicted octanol–water partition coefficient (Wildman–Crippen LogP) is 1.58. The van der Waals surface area contributed by atoms with E-state index in [9.17, 15) is 4.79 Å². The Morgan fingerprint density at radius 3 is 2.95 bits per heavy atom. The second kappa shape index (κ2) is 5.59. The summed E-state index contributed by atoms with van der Waals surface area (Å²) in [6, 6.07) is 8.24. The summed E-state index contributed by atoms with van der Waals surface area (Å²) in [7, 11) is 0. The number of aromatic nitrogens is 1. The van der Waals surface area contributed by atoms with Crippen LogP contribution in [0.25, 0.3) is 10.8 Å². The number of carbonyl (C=O) groups excluding carboxylic acids is 1. The standard InChI is InChI=1S/C16H19N3O/c17-8-12-7-16(20)19(11-12)6-5-14-10-18-9-13-3-1-2-4-15(13)14/h1-4,9-10,12H,5-8,11,17H2. The molecule has 0 aliphatic carbocycles. The fraction of sp³-hybridized carbons (Fsp3) is 0.375. The van der Waals surface area contributed by atoms with Crippen molar-refractivity contribution in [1.82, 2.24) is 9.88 Å². The van der Waals surface area contributed by atoms with E-state index < -0.39 is 0 Å². The minimum absolute atomic E-state index is 0.230. The van der Waals surface area contributed by atoms with Crippen LogP contribution in [-0.4, -0.2) is 35.4 Å². The largest absolute Gasteiger partial charge is 0.342 e. The molecule has 1 atom stereocenters. The molecule has 0 bridgehead atoms. The van der Waals surface area contributed by atoms with Crippen molar-refractivity contribution in [3.63, 3.8) is 0 Å². The first-order valence-corrected chi connectivity index (χ1v) is 7.07. The molecule has 0 spiro atoms. The van der Waals surface area contributed by atoms with Gasteiger partial charge < -0.3 is 10.6 Å². The summed E-state index contributed by atoms with van der Waals surface area (Å²) in [5.74, 6) is 0.557. The number of rotatable bonds is 4. The van der Waals surface area contributed by atoms with Crippen LogP contribution in [0.1, 0.15) is 12.0 Å². The van der Waals surface area contributed by atoms with Gasteiger partial charge in [-0.25, -0.2) is 0 Å². The van der Waals surface area contributed by atoms with Crippen LogP contribution in [0.3, 0.4) is 0 Å². The molecule has 4 nitrogen and oxygen atoms in total. The highest BCUT2D eigenvalue weighted by Gasteiger charge is 2.27. The SMILES string of the molecule is NCC1CC(=O)N(CCc2cncc3ccccc23)C1. The molecule has 2 heterocycles. The second-order valence-corrected chi connectivity index (χ2v) is 5.42. The summed E-state index contributed by atoms with van der Waals surface area (Å²) in [5, 5.41) is 2.38. The molecule has 0 radical (unpaired) electrons. The van der Waals surface area contributed by atoms with E-state index in [4.69, 9.17) is 5.73 Å². The van der Waals surface area contributed by atoms with E-state index in [1.54, 1.807) is 0 Å². The quantitative estimate of drug-likeness (QED) is 0.917. The summed E-state index contributed by atoms with van der Waals surface area (Å²) >= 11 is 0. The maximum absolute atomic E-state index is 11.9. The molecule has 2 N–H and O–H groups in total. The topological polar surface area (TPSA) is 59.2 Å². The molecular formula is C16H19N3O. The van der Waals surface area contributed by atoms with E-state index in [1.807, 2.05) is 29.4 Å². The molecule has 2 aromatic rings. The minimum atomic E-state index is 0.230. The molecule has 1 aliphatic rings. The maximum Gasteiger partial charge on any atom is 0.222 e. The summed E-state index contributed by atoms with van der Waals surface area (Å²) in [6.07, 6.45) is 5.23. The number of fused-ring (bicyclic) bond motifs is 1. The average molecular weight is 269 g/mol. The first-order chi connectivity index (χ1) is 9.78. The summed E-state index contributed by atoms with van der Waals surface area (Å²) in [4.78, 5) is 18.1. The molecule has 1 aromatic heterocycles. The predicted molar refractivity (Wildman–Crippen MR) is 79.2 cm³/mol. The third kappa shape index (κ3) is 2.51. The van der Waals surface area contributed by atoms with E-state index in [0.717, 1.165) is 24.9 Å². The number of carbonyl (C=O) groups is 1.